The third-order valence-electron chi connectivity index (χ3n) is 4.53. The Morgan fingerprint density at radius 1 is 1.22 bits per heavy atom. The Balaban J connectivity index is 1.81. The molecule has 0 aliphatic carbocycles. The highest BCUT2D eigenvalue weighted by Gasteiger charge is 2.23. The summed E-state index contributed by atoms with van der Waals surface area (Å²) in [5, 5.41) is 0. The van der Waals surface area contributed by atoms with E-state index in [2.05, 4.69) is 4.72 Å². The van der Waals surface area contributed by atoms with E-state index in [0.717, 1.165) is 23.2 Å². The summed E-state index contributed by atoms with van der Waals surface area (Å²) in [5.74, 6) is 0.681. The zero-order valence-corrected chi connectivity index (χ0v) is 16.6. The van der Waals surface area contributed by atoms with Crippen LogP contribution in [0.1, 0.15) is 31.4 Å². The lowest BCUT2D eigenvalue weighted by atomic mass is 10.1. The first-order valence-corrected chi connectivity index (χ1v) is 10.5. The van der Waals surface area contributed by atoms with Crippen molar-refractivity contribution in [3.05, 3.63) is 47.5 Å². The highest BCUT2D eigenvalue weighted by molar-refractivity contribution is 7.92. The maximum atomic E-state index is 12.7. The molecule has 0 unspecified atom stereocenters. The SMILES string of the molecule is CCCOc1ccc(S(=O)(=O)Nc2ccc3c(c2)CCN3C(C)=O)cc1C. The number of anilines is 2. The van der Waals surface area contributed by atoms with E-state index in [1.165, 1.54) is 6.92 Å². The second-order valence-corrected chi connectivity index (χ2v) is 8.33. The molecule has 27 heavy (non-hydrogen) atoms. The van der Waals surface area contributed by atoms with Crippen molar-refractivity contribution in [2.75, 3.05) is 22.8 Å². The van der Waals surface area contributed by atoms with Gasteiger partial charge in [-0.1, -0.05) is 6.92 Å². The Labute approximate surface area is 160 Å². The van der Waals surface area contributed by atoms with Gasteiger partial charge in [0.05, 0.1) is 11.5 Å². The van der Waals surface area contributed by atoms with Gasteiger partial charge in [0, 0.05) is 24.8 Å². The number of sulfonamides is 1. The van der Waals surface area contributed by atoms with Crippen molar-refractivity contribution < 1.29 is 17.9 Å². The average Bonchev–Trinajstić information content (AvgIpc) is 3.03. The van der Waals surface area contributed by atoms with Crippen LogP contribution in [-0.2, 0) is 21.2 Å². The second kappa shape index (κ2) is 7.60. The number of amides is 1. The molecule has 2 aromatic rings. The zero-order valence-electron chi connectivity index (χ0n) is 15.8. The maximum absolute atomic E-state index is 12.7. The number of nitrogens with one attached hydrogen (secondary N) is 1. The number of hydrogen-bond donors (Lipinski definition) is 1. The summed E-state index contributed by atoms with van der Waals surface area (Å²) in [6.07, 6.45) is 1.60. The van der Waals surface area contributed by atoms with Gasteiger partial charge in [0.2, 0.25) is 5.91 Å². The van der Waals surface area contributed by atoms with Gasteiger partial charge in [0.15, 0.2) is 0 Å². The summed E-state index contributed by atoms with van der Waals surface area (Å²) < 4.78 is 33.7. The number of fused-ring (bicyclic) bond motifs is 1. The van der Waals surface area contributed by atoms with Crippen molar-refractivity contribution >= 4 is 27.3 Å². The zero-order chi connectivity index (χ0) is 19.6. The average molecular weight is 388 g/mol. The predicted octanol–water partition coefficient (Wildman–Crippen LogP) is 3.49. The molecular weight excluding hydrogens is 364 g/mol. The topological polar surface area (TPSA) is 75.7 Å². The van der Waals surface area contributed by atoms with Crippen molar-refractivity contribution in [2.45, 2.75) is 38.5 Å². The van der Waals surface area contributed by atoms with Gasteiger partial charge in [-0.3, -0.25) is 9.52 Å². The van der Waals surface area contributed by atoms with Crippen molar-refractivity contribution in [1.82, 2.24) is 0 Å². The lowest BCUT2D eigenvalue weighted by molar-refractivity contribution is -0.116. The maximum Gasteiger partial charge on any atom is 0.261 e. The second-order valence-electron chi connectivity index (χ2n) is 6.65. The number of benzene rings is 2. The molecule has 0 radical (unpaired) electrons. The number of hydrogen-bond acceptors (Lipinski definition) is 4. The Hall–Kier alpha value is -2.54. The van der Waals surface area contributed by atoms with Gasteiger partial charge in [-0.2, -0.15) is 0 Å². The number of rotatable bonds is 6. The van der Waals surface area contributed by atoms with Crippen LogP contribution >= 0.6 is 0 Å². The lowest BCUT2D eigenvalue weighted by Gasteiger charge is -2.15. The number of ether oxygens (including phenoxy) is 1. The van der Waals surface area contributed by atoms with E-state index in [9.17, 15) is 13.2 Å². The molecule has 1 N–H and O–H groups in total. The van der Waals surface area contributed by atoms with E-state index in [0.29, 0.717) is 31.0 Å². The number of aryl methyl sites for hydroxylation is 1. The smallest absolute Gasteiger partial charge is 0.261 e. The van der Waals surface area contributed by atoms with Gasteiger partial charge in [-0.25, -0.2) is 8.42 Å². The molecule has 1 aliphatic rings. The molecule has 0 saturated heterocycles. The Kier molecular flexibility index (Phi) is 5.41. The quantitative estimate of drug-likeness (QED) is 0.822. The fourth-order valence-corrected chi connectivity index (χ4v) is 4.30. The van der Waals surface area contributed by atoms with Crippen LogP contribution in [-0.4, -0.2) is 27.5 Å². The highest BCUT2D eigenvalue weighted by Crippen LogP contribution is 2.31. The van der Waals surface area contributed by atoms with E-state index in [-0.39, 0.29) is 10.8 Å². The first kappa shape index (κ1) is 19.2. The molecule has 0 saturated carbocycles. The standard InChI is InChI=1S/C20H24N2O4S/c1-4-11-26-20-8-6-18(12-14(20)2)27(24,25)21-17-5-7-19-16(13-17)9-10-22(19)15(3)23/h5-8,12-13,21H,4,9-11H2,1-3H3. The van der Waals surface area contributed by atoms with Crippen LogP contribution in [0, 0.1) is 6.92 Å². The van der Waals surface area contributed by atoms with Crippen molar-refractivity contribution in [1.29, 1.82) is 0 Å². The Morgan fingerprint density at radius 3 is 2.67 bits per heavy atom. The summed E-state index contributed by atoms with van der Waals surface area (Å²) in [6.45, 7) is 6.60. The van der Waals surface area contributed by atoms with Crippen molar-refractivity contribution in [3.63, 3.8) is 0 Å². The summed E-state index contributed by atoms with van der Waals surface area (Å²) in [7, 11) is -3.71. The molecule has 0 bridgehead atoms. The first-order valence-electron chi connectivity index (χ1n) is 8.99. The number of carbonyl (C=O) groups is 1. The fraction of sp³-hybridized carbons (Fsp3) is 0.350. The largest absolute Gasteiger partial charge is 0.493 e. The van der Waals surface area contributed by atoms with Gasteiger partial charge in [-0.05, 0) is 67.3 Å². The lowest BCUT2D eigenvalue weighted by Crippen LogP contribution is -2.25. The van der Waals surface area contributed by atoms with Crippen molar-refractivity contribution in [2.24, 2.45) is 0 Å². The Bertz CT molecular complexity index is 970. The molecule has 3 rings (SSSR count). The molecule has 0 atom stereocenters. The molecule has 6 nitrogen and oxygen atoms in total. The molecule has 144 valence electrons. The molecular formula is C20H24N2O4S. The Morgan fingerprint density at radius 2 is 2.00 bits per heavy atom. The van der Waals surface area contributed by atoms with Gasteiger partial charge in [0.1, 0.15) is 5.75 Å². The molecule has 0 spiro atoms. The summed E-state index contributed by atoms with van der Waals surface area (Å²) in [6, 6.07) is 10.1. The van der Waals surface area contributed by atoms with E-state index in [1.807, 2.05) is 13.8 Å². The molecule has 1 amide bonds. The third kappa shape index (κ3) is 4.08. The van der Waals surface area contributed by atoms with E-state index in [4.69, 9.17) is 4.74 Å². The fourth-order valence-electron chi connectivity index (χ4n) is 3.17. The monoisotopic (exact) mass is 388 g/mol. The highest BCUT2D eigenvalue weighted by atomic mass is 32.2. The van der Waals surface area contributed by atoms with E-state index in [1.54, 1.807) is 41.3 Å². The van der Waals surface area contributed by atoms with Crippen LogP contribution in [0.4, 0.5) is 11.4 Å². The molecule has 1 aliphatic heterocycles. The van der Waals surface area contributed by atoms with E-state index < -0.39 is 10.0 Å². The van der Waals surface area contributed by atoms with Gasteiger partial charge in [0.25, 0.3) is 10.0 Å². The van der Waals surface area contributed by atoms with Crippen molar-refractivity contribution in [3.8, 4) is 5.75 Å². The van der Waals surface area contributed by atoms with Crippen LogP contribution in [0.25, 0.3) is 0 Å². The minimum absolute atomic E-state index is 0.0112. The predicted molar refractivity (Wildman–Crippen MR) is 106 cm³/mol. The van der Waals surface area contributed by atoms with E-state index >= 15 is 0 Å². The minimum atomic E-state index is -3.71. The number of nitrogens with zero attached hydrogens (tertiary/aromatic N) is 1. The summed E-state index contributed by atoms with van der Waals surface area (Å²) in [5.41, 5.74) is 3.07. The number of carbonyl (C=O) groups excluding carboxylic acids is 1. The molecule has 2 aromatic carbocycles. The molecule has 7 heteroatoms. The first-order chi connectivity index (χ1) is 12.8. The van der Waals surface area contributed by atoms with Crippen LogP contribution in [0.3, 0.4) is 0 Å². The van der Waals surface area contributed by atoms with Crippen LogP contribution in [0.2, 0.25) is 0 Å². The third-order valence-corrected chi connectivity index (χ3v) is 5.90. The van der Waals surface area contributed by atoms with Gasteiger partial charge in [-0.15, -0.1) is 0 Å². The van der Waals surface area contributed by atoms with Crippen LogP contribution in [0.5, 0.6) is 5.75 Å². The van der Waals surface area contributed by atoms with Gasteiger partial charge >= 0.3 is 0 Å². The molecule has 1 heterocycles. The summed E-state index contributed by atoms with van der Waals surface area (Å²) >= 11 is 0. The minimum Gasteiger partial charge on any atom is -0.493 e. The van der Waals surface area contributed by atoms with Gasteiger partial charge < -0.3 is 9.64 Å². The normalized spacial score (nSPS) is 13.4. The van der Waals surface area contributed by atoms with Crippen LogP contribution in [0.15, 0.2) is 41.3 Å². The summed E-state index contributed by atoms with van der Waals surface area (Å²) in [4.78, 5) is 13.5. The molecule has 0 fully saturated rings. The molecule has 0 aromatic heterocycles. The van der Waals surface area contributed by atoms with Crippen LogP contribution < -0.4 is 14.4 Å².